The van der Waals surface area contributed by atoms with Crippen molar-refractivity contribution in [3.8, 4) is 0 Å². The maximum atomic E-state index is 12.6. The summed E-state index contributed by atoms with van der Waals surface area (Å²) in [4.78, 5) is 12.5. The van der Waals surface area contributed by atoms with Crippen LogP contribution in [0, 0.1) is 6.92 Å². The molecule has 1 amide bonds. The molecule has 0 bridgehead atoms. The quantitative estimate of drug-likeness (QED) is 0.627. The van der Waals surface area contributed by atoms with Crippen LogP contribution in [0.1, 0.15) is 76.6 Å². The summed E-state index contributed by atoms with van der Waals surface area (Å²) in [6, 6.07) is 5.92. The molecule has 186 valence electrons. The summed E-state index contributed by atoms with van der Waals surface area (Å²) in [6.45, 7) is 11.9. The molecule has 2 aromatic rings. The number of hydrogen-bond acceptors (Lipinski definition) is 6. The lowest BCUT2D eigenvalue weighted by Crippen LogP contribution is -2.33. The van der Waals surface area contributed by atoms with Gasteiger partial charge in [-0.1, -0.05) is 6.07 Å². The van der Waals surface area contributed by atoms with Crippen LogP contribution < -0.4 is 10.6 Å². The van der Waals surface area contributed by atoms with Crippen molar-refractivity contribution in [3.63, 3.8) is 0 Å². The van der Waals surface area contributed by atoms with Crippen LogP contribution in [0.15, 0.2) is 23.1 Å². The Hall–Kier alpha value is -2.55. The van der Waals surface area contributed by atoms with E-state index in [0.29, 0.717) is 11.3 Å². The van der Waals surface area contributed by atoms with Crippen LogP contribution in [0.25, 0.3) is 0 Å². The van der Waals surface area contributed by atoms with Crippen LogP contribution >= 0.6 is 0 Å². The van der Waals surface area contributed by atoms with Crippen LogP contribution in [0.5, 0.6) is 0 Å². The van der Waals surface area contributed by atoms with E-state index in [9.17, 15) is 13.2 Å². The van der Waals surface area contributed by atoms with Gasteiger partial charge in [0.05, 0.1) is 21.9 Å². The average Bonchev–Trinajstić information content (AvgIpc) is 3.40. The van der Waals surface area contributed by atoms with E-state index in [0.717, 1.165) is 47.6 Å². The van der Waals surface area contributed by atoms with Crippen LogP contribution in [0.2, 0.25) is 0 Å². The SMILES string of the molecule is Cc1ccc(Nc2cc([C@H]3CC[C@@H](OC(=O)NC(C)C)C3)nn2C(C)(C)C)c2c1S(=O)(=O)CC2. The number of rotatable bonds is 5. The lowest BCUT2D eigenvalue weighted by atomic mass is 10.0. The molecular weight excluding hydrogens is 452 g/mol. The van der Waals surface area contributed by atoms with Gasteiger partial charge in [-0.25, -0.2) is 17.9 Å². The van der Waals surface area contributed by atoms with E-state index in [4.69, 9.17) is 9.84 Å². The number of anilines is 2. The van der Waals surface area contributed by atoms with E-state index < -0.39 is 9.84 Å². The van der Waals surface area contributed by atoms with Crippen LogP contribution in [-0.4, -0.2) is 42.2 Å². The summed E-state index contributed by atoms with van der Waals surface area (Å²) in [7, 11) is -3.23. The third-order valence-corrected chi connectivity index (χ3v) is 8.43. The molecule has 1 fully saturated rings. The molecule has 1 aromatic carbocycles. The number of benzene rings is 1. The Morgan fingerprint density at radius 1 is 1.24 bits per heavy atom. The van der Waals surface area contributed by atoms with Crippen molar-refractivity contribution in [1.82, 2.24) is 15.1 Å². The van der Waals surface area contributed by atoms with Crippen molar-refractivity contribution in [2.75, 3.05) is 11.1 Å². The average molecular weight is 489 g/mol. The second-order valence-corrected chi connectivity index (χ2v) is 12.9. The Morgan fingerprint density at radius 2 is 1.97 bits per heavy atom. The molecule has 0 unspecified atom stereocenters. The summed E-state index contributed by atoms with van der Waals surface area (Å²) >= 11 is 0. The van der Waals surface area contributed by atoms with Gasteiger partial charge in [0.2, 0.25) is 0 Å². The Bertz CT molecular complexity index is 1190. The summed E-state index contributed by atoms with van der Waals surface area (Å²) in [6.07, 6.45) is 2.47. The third kappa shape index (κ3) is 4.94. The zero-order valence-corrected chi connectivity index (χ0v) is 21.8. The number of ether oxygens (including phenoxy) is 1. The number of aryl methyl sites for hydroxylation is 1. The van der Waals surface area contributed by atoms with Crippen LogP contribution in [0.3, 0.4) is 0 Å². The fourth-order valence-corrected chi connectivity index (χ4v) is 6.78. The topological polar surface area (TPSA) is 102 Å². The molecule has 9 heteroatoms. The first-order valence-corrected chi connectivity index (χ1v) is 13.7. The van der Waals surface area contributed by atoms with E-state index >= 15 is 0 Å². The predicted molar refractivity (Wildman–Crippen MR) is 133 cm³/mol. The number of carbonyl (C=O) groups is 1. The van der Waals surface area contributed by atoms with E-state index in [1.54, 1.807) is 0 Å². The van der Waals surface area contributed by atoms with Gasteiger partial charge in [-0.15, -0.1) is 0 Å². The Balaban J connectivity index is 1.58. The number of fused-ring (bicyclic) bond motifs is 1. The molecule has 1 aliphatic heterocycles. The van der Waals surface area contributed by atoms with Gasteiger partial charge in [-0.3, -0.25) is 0 Å². The number of amides is 1. The summed E-state index contributed by atoms with van der Waals surface area (Å²) in [5.41, 5.74) is 3.16. The number of nitrogens with one attached hydrogen (secondary N) is 2. The van der Waals surface area contributed by atoms with Crippen LogP contribution in [-0.2, 0) is 26.5 Å². The summed E-state index contributed by atoms with van der Waals surface area (Å²) in [5.74, 6) is 1.18. The minimum absolute atomic E-state index is 0.0408. The molecule has 1 saturated carbocycles. The molecule has 1 aliphatic carbocycles. The monoisotopic (exact) mass is 488 g/mol. The zero-order chi connectivity index (χ0) is 24.8. The number of carbonyl (C=O) groups excluding carboxylic acids is 1. The number of alkyl carbamates (subject to hydrolysis) is 1. The zero-order valence-electron chi connectivity index (χ0n) is 20.9. The van der Waals surface area contributed by atoms with Gasteiger partial charge < -0.3 is 15.4 Å². The normalized spacial score (nSPS) is 21.5. The number of aromatic nitrogens is 2. The van der Waals surface area contributed by atoms with Gasteiger partial charge in [0, 0.05) is 23.7 Å². The summed E-state index contributed by atoms with van der Waals surface area (Å²) in [5, 5.41) is 11.2. The fraction of sp³-hybridized carbons (Fsp3) is 0.600. The largest absolute Gasteiger partial charge is 0.446 e. The van der Waals surface area contributed by atoms with Gasteiger partial charge in [-0.05, 0) is 84.4 Å². The molecule has 4 rings (SSSR count). The molecule has 2 aliphatic rings. The maximum Gasteiger partial charge on any atom is 0.407 e. The van der Waals surface area contributed by atoms with E-state index in [1.807, 2.05) is 37.6 Å². The standard InChI is InChI=1S/C25H36N4O4S/c1-15(2)26-24(30)33-18-9-8-17(13-18)21-14-22(29(28-21)25(4,5)6)27-20-10-7-16(3)23-19(20)11-12-34(23,31)32/h7,10,14-15,17-18,27H,8-9,11-13H2,1-6H3,(H,26,30)/t17-,18+/m0/s1. The second kappa shape index (κ2) is 8.91. The van der Waals surface area contributed by atoms with Crippen molar-refractivity contribution in [2.24, 2.45) is 0 Å². The highest BCUT2D eigenvalue weighted by molar-refractivity contribution is 7.91. The van der Waals surface area contributed by atoms with Crippen molar-refractivity contribution in [1.29, 1.82) is 0 Å². The molecular formula is C25H36N4O4S. The van der Waals surface area contributed by atoms with Gasteiger partial charge in [-0.2, -0.15) is 5.10 Å². The highest BCUT2D eigenvalue weighted by atomic mass is 32.2. The van der Waals surface area contributed by atoms with Crippen molar-refractivity contribution < 1.29 is 17.9 Å². The highest BCUT2D eigenvalue weighted by Crippen LogP contribution is 2.40. The van der Waals surface area contributed by atoms with E-state index in [1.165, 1.54) is 0 Å². The number of nitrogens with zero attached hydrogens (tertiary/aromatic N) is 2. The lowest BCUT2D eigenvalue weighted by molar-refractivity contribution is 0.0981. The maximum absolute atomic E-state index is 12.6. The molecule has 2 atom stereocenters. The number of sulfone groups is 1. The van der Waals surface area contributed by atoms with Gasteiger partial charge >= 0.3 is 6.09 Å². The highest BCUT2D eigenvalue weighted by Gasteiger charge is 2.33. The second-order valence-electron chi connectivity index (χ2n) is 10.8. The first-order chi connectivity index (χ1) is 15.8. The Morgan fingerprint density at radius 3 is 2.65 bits per heavy atom. The van der Waals surface area contributed by atoms with Gasteiger partial charge in [0.25, 0.3) is 0 Å². The molecule has 34 heavy (non-hydrogen) atoms. The molecule has 0 spiro atoms. The molecule has 2 heterocycles. The van der Waals surface area contributed by atoms with Crippen molar-refractivity contribution in [2.45, 2.75) is 95.7 Å². The van der Waals surface area contributed by atoms with Crippen molar-refractivity contribution >= 4 is 27.4 Å². The molecule has 8 nitrogen and oxygen atoms in total. The molecule has 2 N–H and O–H groups in total. The summed E-state index contributed by atoms with van der Waals surface area (Å²) < 4.78 is 32.7. The first-order valence-electron chi connectivity index (χ1n) is 12.0. The molecule has 0 saturated heterocycles. The van der Waals surface area contributed by atoms with E-state index in [2.05, 4.69) is 37.5 Å². The minimum atomic E-state index is -3.23. The predicted octanol–water partition coefficient (Wildman–Crippen LogP) is 4.79. The first kappa shape index (κ1) is 24.6. The van der Waals surface area contributed by atoms with Crippen molar-refractivity contribution in [3.05, 3.63) is 35.0 Å². The van der Waals surface area contributed by atoms with Crippen LogP contribution in [0.4, 0.5) is 16.3 Å². The molecule has 0 radical (unpaired) electrons. The third-order valence-electron chi connectivity index (χ3n) is 6.50. The lowest BCUT2D eigenvalue weighted by Gasteiger charge is -2.23. The van der Waals surface area contributed by atoms with Gasteiger partial charge in [0.15, 0.2) is 9.84 Å². The smallest absolute Gasteiger partial charge is 0.407 e. The van der Waals surface area contributed by atoms with E-state index in [-0.39, 0.29) is 35.4 Å². The molecule has 1 aromatic heterocycles. The number of hydrogen-bond donors (Lipinski definition) is 2. The Kier molecular flexibility index (Phi) is 6.44. The van der Waals surface area contributed by atoms with Gasteiger partial charge in [0.1, 0.15) is 11.9 Å². The minimum Gasteiger partial charge on any atom is -0.446 e. The fourth-order valence-electron chi connectivity index (χ4n) is 4.96. The Labute approximate surface area is 202 Å².